The van der Waals surface area contributed by atoms with E-state index in [1.807, 2.05) is 0 Å². The molecule has 2 aliphatic rings. The SMILES string of the molecule is CCCCC[C@H]1[C@H](Cl)[C@H]2CCCC[C@@H]2O[C@@H]1c1ccccc1. The maximum absolute atomic E-state index is 7.00. The van der Waals surface area contributed by atoms with Gasteiger partial charge in [0.15, 0.2) is 0 Å². The predicted molar refractivity (Wildman–Crippen MR) is 93.3 cm³/mol. The molecule has 1 saturated carbocycles. The Kier molecular flexibility index (Phi) is 5.82. The summed E-state index contributed by atoms with van der Waals surface area (Å²) in [5, 5.41) is 0.279. The first kappa shape index (κ1) is 16.3. The average Bonchev–Trinajstić information content (AvgIpc) is 2.57. The Morgan fingerprint density at radius 1 is 1.09 bits per heavy atom. The zero-order chi connectivity index (χ0) is 15.4. The van der Waals surface area contributed by atoms with Crippen molar-refractivity contribution in [2.75, 3.05) is 0 Å². The summed E-state index contributed by atoms with van der Waals surface area (Å²) in [4.78, 5) is 0. The lowest BCUT2D eigenvalue weighted by molar-refractivity contribution is -0.130. The normalized spacial score (nSPS) is 35.1. The van der Waals surface area contributed by atoms with Crippen molar-refractivity contribution < 1.29 is 4.74 Å². The Labute approximate surface area is 140 Å². The molecule has 1 heterocycles. The number of ether oxygens (including phenoxy) is 1. The Morgan fingerprint density at radius 2 is 1.86 bits per heavy atom. The molecule has 122 valence electrons. The average molecular weight is 321 g/mol. The van der Waals surface area contributed by atoms with Crippen LogP contribution in [0.15, 0.2) is 30.3 Å². The van der Waals surface area contributed by atoms with E-state index in [0.717, 1.165) is 0 Å². The molecule has 5 atom stereocenters. The first-order valence-corrected chi connectivity index (χ1v) is 9.59. The lowest BCUT2D eigenvalue weighted by Gasteiger charge is -2.47. The van der Waals surface area contributed by atoms with Crippen molar-refractivity contribution in [3.8, 4) is 0 Å². The van der Waals surface area contributed by atoms with E-state index in [1.165, 1.54) is 56.9 Å². The van der Waals surface area contributed by atoms with Gasteiger partial charge in [-0.2, -0.15) is 0 Å². The molecule has 22 heavy (non-hydrogen) atoms. The zero-order valence-electron chi connectivity index (χ0n) is 13.7. The van der Waals surface area contributed by atoms with E-state index in [1.54, 1.807) is 0 Å². The lowest BCUT2D eigenvalue weighted by atomic mass is 9.73. The summed E-state index contributed by atoms with van der Waals surface area (Å²) in [5.74, 6) is 1.04. The Hall–Kier alpha value is -0.530. The summed E-state index contributed by atoms with van der Waals surface area (Å²) in [6.45, 7) is 2.27. The van der Waals surface area contributed by atoms with Crippen molar-refractivity contribution in [2.24, 2.45) is 11.8 Å². The molecule has 1 nitrogen and oxygen atoms in total. The van der Waals surface area contributed by atoms with Crippen LogP contribution in [0.3, 0.4) is 0 Å². The Morgan fingerprint density at radius 3 is 2.64 bits per heavy atom. The van der Waals surface area contributed by atoms with Gasteiger partial charge in [-0.15, -0.1) is 11.6 Å². The fraction of sp³-hybridized carbons (Fsp3) is 0.700. The summed E-state index contributed by atoms with van der Waals surface area (Å²) in [5.41, 5.74) is 1.32. The first-order valence-electron chi connectivity index (χ1n) is 9.15. The second-order valence-corrected chi connectivity index (χ2v) is 7.56. The van der Waals surface area contributed by atoms with Gasteiger partial charge in [0.2, 0.25) is 0 Å². The van der Waals surface area contributed by atoms with Crippen molar-refractivity contribution in [2.45, 2.75) is 75.9 Å². The molecule has 0 amide bonds. The van der Waals surface area contributed by atoms with E-state index in [2.05, 4.69) is 37.3 Å². The maximum atomic E-state index is 7.00. The van der Waals surface area contributed by atoms with Crippen LogP contribution in [0.4, 0.5) is 0 Å². The quantitative estimate of drug-likeness (QED) is 0.469. The first-order chi connectivity index (χ1) is 10.8. The van der Waals surface area contributed by atoms with Crippen LogP contribution >= 0.6 is 11.6 Å². The third kappa shape index (κ3) is 3.51. The second kappa shape index (κ2) is 7.84. The van der Waals surface area contributed by atoms with Gasteiger partial charge in [0.05, 0.1) is 12.2 Å². The van der Waals surface area contributed by atoms with Gasteiger partial charge in [-0.25, -0.2) is 0 Å². The molecule has 0 unspecified atom stereocenters. The highest BCUT2D eigenvalue weighted by Crippen LogP contribution is 2.48. The summed E-state index contributed by atoms with van der Waals surface area (Å²) < 4.78 is 6.61. The summed E-state index contributed by atoms with van der Waals surface area (Å²) >= 11 is 7.00. The van der Waals surface area contributed by atoms with Crippen LogP contribution in [0.25, 0.3) is 0 Å². The molecule has 1 saturated heterocycles. The van der Waals surface area contributed by atoms with E-state index < -0.39 is 0 Å². The van der Waals surface area contributed by atoms with Gasteiger partial charge in [0.1, 0.15) is 0 Å². The van der Waals surface area contributed by atoms with Crippen LogP contribution < -0.4 is 0 Å². The second-order valence-electron chi connectivity index (χ2n) is 7.06. The van der Waals surface area contributed by atoms with Crippen molar-refractivity contribution in [3.63, 3.8) is 0 Å². The minimum atomic E-state index is 0.194. The Bertz CT molecular complexity index is 446. The maximum Gasteiger partial charge on any atom is 0.0871 e. The molecule has 1 aliphatic heterocycles. The van der Waals surface area contributed by atoms with Crippen molar-refractivity contribution >= 4 is 11.6 Å². The predicted octanol–water partition coefficient (Wildman–Crippen LogP) is 6.12. The number of unbranched alkanes of at least 4 members (excludes halogenated alkanes) is 2. The van der Waals surface area contributed by atoms with Gasteiger partial charge in [0, 0.05) is 17.2 Å². The highest BCUT2D eigenvalue weighted by molar-refractivity contribution is 6.21. The summed E-state index contributed by atoms with van der Waals surface area (Å²) in [6.07, 6.45) is 10.7. The lowest BCUT2D eigenvalue weighted by Crippen LogP contribution is -2.46. The van der Waals surface area contributed by atoms with Gasteiger partial charge < -0.3 is 4.74 Å². The van der Waals surface area contributed by atoms with Crippen LogP contribution in [0.1, 0.15) is 70.0 Å². The molecular formula is C20H29ClO. The molecule has 3 rings (SSSR count). The molecule has 1 aromatic carbocycles. The minimum Gasteiger partial charge on any atom is -0.370 e. The number of halogens is 1. The van der Waals surface area contributed by atoms with Crippen molar-refractivity contribution in [3.05, 3.63) is 35.9 Å². The molecule has 2 fully saturated rings. The van der Waals surface area contributed by atoms with Gasteiger partial charge in [0.25, 0.3) is 0 Å². The van der Waals surface area contributed by atoms with E-state index in [0.29, 0.717) is 17.9 Å². The highest BCUT2D eigenvalue weighted by Gasteiger charge is 2.45. The molecule has 1 aliphatic carbocycles. The van der Waals surface area contributed by atoms with Crippen molar-refractivity contribution in [1.29, 1.82) is 0 Å². The standard InChI is InChI=1S/C20H29ClO/c1-2-3-5-13-17-19(21)16-12-8-9-14-18(16)22-20(17)15-10-6-4-7-11-15/h4,6-7,10-11,16-20H,2-3,5,8-9,12-14H2,1H3/t16-,17-,18-,19+,20+/m0/s1. The molecule has 2 heteroatoms. The summed E-state index contributed by atoms with van der Waals surface area (Å²) in [6, 6.07) is 10.8. The molecule has 0 radical (unpaired) electrons. The largest absolute Gasteiger partial charge is 0.370 e. The molecule has 1 aromatic rings. The fourth-order valence-corrected chi connectivity index (χ4v) is 4.89. The van der Waals surface area contributed by atoms with E-state index >= 15 is 0 Å². The van der Waals surface area contributed by atoms with Crippen LogP contribution in [-0.4, -0.2) is 11.5 Å². The smallest absolute Gasteiger partial charge is 0.0871 e. The van der Waals surface area contributed by atoms with Gasteiger partial charge >= 0.3 is 0 Å². The van der Waals surface area contributed by atoms with Crippen LogP contribution in [0.2, 0.25) is 0 Å². The fourth-order valence-electron chi connectivity index (χ4n) is 4.34. The number of alkyl halides is 1. The molecule has 0 spiro atoms. The molecule has 0 bridgehead atoms. The number of rotatable bonds is 5. The van der Waals surface area contributed by atoms with Crippen LogP contribution in [-0.2, 0) is 4.74 Å². The van der Waals surface area contributed by atoms with Crippen LogP contribution in [0, 0.1) is 11.8 Å². The Balaban J connectivity index is 1.80. The third-order valence-corrected chi connectivity index (χ3v) is 6.20. The van der Waals surface area contributed by atoms with Gasteiger partial charge in [-0.05, 0) is 24.8 Å². The number of fused-ring (bicyclic) bond motifs is 1. The number of hydrogen-bond donors (Lipinski definition) is 0. The highest BCUT2D eigenvalue weighted by atomic mass is 35.5. The van der Waals surface area contributed by atoms with E-state index in [-0.39, 0.29) is 11.5 Å². The molecule has 0 N–H and O–H groups in total. The molecular weight excluding hydrogens is 292 g/mol. The van der Waals surface area contributed by atoms with E-state index in [4.69, 9.17) is 16.3 Å². The third-order valence-electron chi connectivity index (χ3n) is 5.55. The van der Waals surface area contributed by atoms with Gasteiger partial charge in [-0.3, -0.25) is 0 Å². The minimum absolute atomic E-state index is 0.194. The van der Waals surface area contributed by atoms with Crippen molar-refractivity contribution in [1.82, 2.24) is 0 Å². The number of benzene rings is 1. The van der Waals surface area contributed by atoms with Gasteiger partial charge in [-0.1, -0.05) is 69.4 Å². The number of hydrogen-bond acceptors (Lipinski definition) is 1. The summed E-state index contributed by atoms with van der Waals surface area (Å²) in [7, 11) is 0. The van der Waals surface area contributed by atoms with E-state index in [9.17, 15) is 0 Å². The monoisotopic (exact) mass is 320 g/mol. The topological polar surface area (TPSA) is 9.23 Å². The van der Waals surface area contributed by atoms with Crippen LogP contribution in [0.5, 0.6) is 0 Å². The zero-order valence-corrected chi connectivity index (χ0v) is 14.5. The molecule has 0 aromatic heterocycles.